The lowest BCUT2D eigenvalue weighted by atomic mass is 10.1. The molecule has 1 aliphatic rings. The van der Waals surface area contributed by atoms with E-state index in [9.17, 15) is 9.59 Å². The van der Waals surface area contributed by atoms with Crippen molar-refractivity contribution < 1.29 is 14.3 Å². The van der Waals surface area contributed by atoms with Crippen LogP contribution in [0.25, 0.3) is 10.4 Å². The molecule has 3 aromatic rings. The van der Waals surface area contributed by atoms with Crippen LogP contribution in [0.4, 0.5) is 5.69 Å². The molecule has 1 unspecified atom stereocenters. The summed E-state index contributed by atoms with van der Waals surface area (Å²) in [6, 6.07) is 17.2. The van der Waals surface area contributed by atoms with Gasteiger partial charge in [-0.2, -0.15) is 0 Å². The molecule has 1 atom stereocenters. The summed E-state index contributed by atoms with van der Waals surface area (Å²) in [6.07, 6.45) is 0.439. The Kier molecular flexibility index (Phi) is 5.36. The molecule has 0 aliphatic carbocycles. The lowest BCUT2D eigenvalue weighted by Gasteiger charge is -2.16. The van der Waals surface area contributed by atoms with E-state index >= 15 is 0 Å². The fraction of sp³-hybridized carbons (Fsp3) is 0.217. The van der Waals surface area contributed by atoms with Crippen molar-refractivity contribution >= 4 is 28.8 Å². The first kappa shape index (κ1) is 19.2. The minimum atomic E-state index is -0.152. The molecule has 0 radical (unpaired) electrons. The van der Waals surface area contributed by atoms with Crippen LogP contribution in [0.3, 0.4) is 0 Å². The third-order valence-electron chi connectivity index (χ3n) is 4.91. The maximum absolute atomic E-state index is 12.8. The van der Waals surface area contributed by atoms with Gasteiger partial charge in [-0.1, -0.05) is 31.2 Å². The van der Waals surface area contributed by atoms with Crippen LogP contribution in [0.1, 0.15) is 47.1 Å². The molecule has 29 heavy (non-hydrogen) atoms. The van der Waals surface area contributed by atoms with Crippen LogP contribution >= 0.6 is 11.3 Å². The lowest BCUT2D eigenvalue weighted by Crippen LogP contribution is -2.25. The van der Waals surface area contributed by atoms with Crippen molar-refractivity contribution in [1.29, 1.82) is 0 Å². The second kappa shape index (κ2) is 8.09. The summed E-state index contributed by atoms with van der Waals surface area (Å²) in [4.78, 5) is 26.1. The van der Waals surface area contributed by atoms with Gasteiger partial charge < -0.3 is 15.4 Å². The molecule has 5 nitrogen and oxygen atoms in total. The number of ether oxygens (including phenoxy) is 1. The predicted octanol–water partition coefficient (Wildman–Crippen LogP) is 5.15. The van der Waals surface area contributed by atoms with Crippen molar-refractivity contribution in [2.24, 2.45) is 0 Å². The van der Waals surface area contributed by atoms with E-state index in [1.807, 2.05) is 68.4 Å². The van der Waals surface area contributed by atoms with Crippen LogP contribution in [0, 0.1) is 0 Å². The van der Waals surface area contributed by atoms with Gasteiger partial charge in [0.1, 0.15) is 12.4 Å². The number of rotatable bonds is 5. The smallest absolute Gasteiger partial charge is 0.261 e. The summed E-state index contributed by atoms with van der Waals surface area (Å²) in [5.74, 6) is 0.737. The molecule has 148 valence electrons. The zero-order chi connectivity index (χ0) is 20.4. The van der Waals surface area contributed by atoms with Gasteiger partial charge in [0.15, 0.2) is 0 Å². The first-order valence-electron chi connectivity index (χ1n) is 9.60. The molecule has 4 rings (SSSR count). The number of para-hydroxylation sites is 1. The van der Waals surface area contributed by atoms with Gasteiger partial charge in [0.05, 0.1) is 10.9 Å². The second-order valence-electron chi connectivity index (χ2n) is 6.97. The van der Waals surface area contributed by atoms with Crippen LogP contribution in [0.5, 0.6) is 5.75 Å². The Morgan fingerprint density at radius 2 is 1.90 bits per heavy atom. The third-order valence-corrected chi connectivity index (χ3v) is 6.12. The highest BCUT2D eigenvalue weighted by Crippen LogP contribution is 2.42. The Morgan fingerprint density at radius 1 is 1.14 bits per heavy atom. The van der Waals surface area contributed by atoms with Crippen molar-refractivity contribution in [1.82, 2.24) is 5.32 Å². The van der Waals surface area contributed by atoms with Crippen LogP contribution < -0.4 is 15.4 Å². The Bertz CT molecular complexity index is 1060. The monoisotopic (exact) mass is 406 g/mol. The fourth-order valence-electron chi connectivity index (χ4n) is 3.27. The Labute approximate surface area is 173 Å². The van der Waals surface area contributed by atoms with Crippen LogP contribution in [-0.4, -0.2) is 11.8 Å². The van der Waals surface area contributed by atoms with Gasteiger partial charge in [-0.15, -0.1) is 11.3 Å². The summed E-state index contributed by atoms with van der Waals surface area (Å²) >= 11 is 1.50. The van der Waals surface area contributed by atoms with Crippen molar-refractivity contribution in [2.75, 3.05) is 5.32 Å². The number of carbonyl (C=O) groups is 2. The predicted molar refractivity (Wildman–Crippen MR) is 115 cm³/mol. The van der Waals surface area contributed by atoms with E-state index in [1.54, 1.807) is 0 Å². The molecule has 0 spiro atoms. The van der Waals surface area contributed by atoms with Gasteiger partial charge in [0.2, 0.25) is 5.91 Å². The molecule has 2 aromatic carbocycles. The average molecular weight is 407 g/mol. The van der Waals surface area contributed by atoms with Crippen LogP contribution in [0.15, 0.2) is 54.6 Å². The summed E-state index contributed by atoms with van der Waals surface area (Å²) in [5, 5.41) is 5.88. The van der Waals surface area contributed by atoms with E-state index in [-0.39, 0.29) is 17.9 Å². The SMILES string of the molecule is CCC(=O)Nc1ccc(C(C)NC(=O)c2cc3c(s2)-c2ccccc2OC3)cc1. The molecule has 0 saturated heterocycles. The Hall–Kier alpha value is -3.12. The molecule has 0 bridgehead atoms. The molecule has 2 amide bonds. The van der Waals surface area contributed by atoms with E-state index in [0.717, 1.165) is 33.0 Å². The number of benzene rings is 2. The highest BCUT2D eigenvalue weighted by Gasteiger charge is 2.23. The average Bonchev–Trinajstić information content (AvgIpc) is 3.19. The van der Waals surface area contributed by atoms with E-state index in [0.29, 0.717) is 17.9 Å². The minimum Gasteiger partial charge on any atom is -0.488 e. The third kappa shape index (κ3) is 4.03. The van der Waals surface area contributed by atoms with Crippen molar-refractivity contribution in [3.8, 4) is 16.2 Å². The molecule has 2 N–H and O–H groups in total. The normalized spacial score (nSPS) is 12.9. The van der Waals surface area contributed by atoms with Gasteiger partial charge in [-0.25, -0.2) is 0 Å². The van der Waals surface area contributed by atoms with Gasteiger partial charge in [-0.05, 0) is 42.8 Å². The largest absolute Gasteiger partial charge is 0.488 e. The Morgan fingerprint density at radius 3 is 2.66 bits per heavy atom. The number of anilines is 1. The molecule has 6 heteroatoms. The topological polar surface area (TPSA) is 67.4 Å². The van der Waals surface area contributed by atoms with Crippen molar-refractivity contribution in [3.05, 3.63) is 70.6 Å². The van der Waals surface area contributed by atoms with E-state index < -0.39 is 0 Å². The highest BCUT2D eigenvalue weighted by atomic mass is 32.1. The number of amides is 2. The molecule has 0 saturated carbocycles. The van der Waals surface area contributed by atoms with E-state index in [4.69, 9.17) is 4.74 Å². The Balaban J connectivity index is 1.46. The number of hydrogen-bond donors (Lipinski definition) is 2. The molecule has 1 aliphatic heterocycles. The number of carbonyl (C=O) groups excluding carboxylic acids is 2. The van der Waals surface area contributed by atoms with Crippen LogP contribution in [0.2, 0.25) is 0 Å². The quantitative estimate of drug-likeness (QED) is 0.616. The molecular weight excluding hydrogens is 384 g/mol. The zero-order valence-corrected chi connectivity index (χ0v) is 17.1. The van der Waals surface area contributed by atoms with Crippen molar-refractivity contribution in [3.63, 3.8) is 0 Å². The molecule has 0 fully saturated rings. The number of thiophene rings is 1. The van der Waals surface area contributed by atoms with E-state index in [2.05, 4.69) is 10.6 Å². The number of nitrogens with one attached hydrogen (secondary N) is 2. The van der Waals surface area contributed by atoms with E-state index in [1.165, 1.54) is 11.3 Å². The first-order valence-corrected chi connectivity index (χ1v) is 10.4. The maximum atomic E-state index is 12.8. The highest BCUT2D eigenvalue weighted by molar-refractivity contribution is 7.17. The molecule has 2 heterocycles. The first-order chi connectivity index (χ1) is 14.0. The van der Waals surface area contributed by atoms with Gasteiger partial charge >= 0.3 is 0 Å². The summed E-state index contributed by atoms with van der Waals surface area (Å²) in [6.45, 7) is 4.24. The summed E-state index contributed by atoms with van der Waals surface area (Å²) in [5.41, 5.74) is 3.81. The summed E-state index contributed by atoms with van der Waals surface area (Å²) < 4.78 is 5.79. The van der Waals surface area contributed by atoms with Gasteiger partial charge in [0.25, 0.3) is 5.91 Å². The van der Waals surface area contributed by atoms with Crippen molar-refractivity contribution in [2.45, 2.75) is 32.9 Å². The second-order valence-corrected chi connectivity index (χ2v) is 8.02. The minimum absolute atomic E-state index is 0.0219. The number of fused-ring (bicyclic) bond motifs is 3. The lowest BCUT2D eigenvalue weighted by molar-refractivity contribution is -0.115. The maximum Gasteiger partial charge on any atom is 0.261 e. The van der Waals surface area contributed by atoms with Crippen LogP contribution in [-0.2, 0) is 11.4 Å². The number of hydrogen-bond acceptors (Lipinski definition) is 4. The molecule has 1 aromatic heterocycles. The van der Waals surface area contributed by atoms with Gasteiger partial charge in [0, 0.05) is 28.1 Å². The zero-order valence-electron chi connectivity index (χ0n) is 16.3. The van der Waals surface area contributed by atoms with Gasteiger partial charge in [-0.3, -0.25) is 9.59 Å². The fourth-order valence-corrected chi connectivity index (χ4v) is 4.37. The standard InChI is InChI=1S/C23H22N2O3S/c1-3-21(26)25-17-10-8-15(9-11-17)14(2)24-23(27)20-12-16-13-28-19-7-5-4-6-18(19)22(16)29-20/h4-12,14H,3,13H2,1-2H3,(H,24,27)(H,25,26). The molecular formula is C23H22N2O3S. The summed E-state index contributed by atoms with van der Waals surface area (Å²) in [7, 11) is 0.